The standard InChI is InChI=1S/C38H38O9/c1-23-5-13-27(14-6-23)21-43-34-33(47-37(41)30-19-11-26(4)12-20-30)32(46-36(40)29-17-9-25(3)10-18-29)31(45-38(34)42)22-44-35(39)28-15-7-24(2)8-16-28/h5-20,31-34,38,42H,21-22H2,1-4H3/t31-,32-,33+,34-,38?/m1/s1. The first-order chi connectivity index (χ1) is 22.6. The van der Waals surface area contributed by atoms with Gasteiger partial charge in [-0.25, -0.2) is 14.4 Å². The summed E-state index contributed by atoms with van der Waals surface area (Å²) in [6.07, 6.45) is -6.81. The highest BCUT2D eigenvalue weighted by molar-refractivity contribution is 5.91. The molecule has 244 valence electrons. The molecule has 0 spiro atoms. The van der Waals surface area contributed by atoms with E-state index >= 15 is 0 Å². The van der Waals surface area contributed by atoms with Crippen molar-refractivity contribution >= 4 is 17.9 Å². The molecule has 9 nitrogen and oxygen atoms in total. The summed E-state index contributed by atoms with van der Waals surface area (Å²) in [7, 11) is 0. The van der Waals surface area contributed by atoms with E-state index in [2.05, 4.69) is 0 Å². The van der Waals surface area contributed by atoms with Crippen LogP contribution in [0.15, 0.2) is 97.1 Å². The van der Waals surface area contributed by atoms with Gasteiger partial charge < -0.3 is 28.8 Å². The Morgan fingerprint density at radius 3 is 1.45 bits per heavy atom. The molecule has 5 rings (SSSR count). The topological polar surface area (TPSA) is 118 Å². The third-order valence-electron chi connectivity index (χ3n) is 7.90. The molecule has 0 saturated carbocycles. The van der Waals surface area contributed by atoms with Crippen molar-refractivity contribution in [3.63, 3.8) is 0 Å². The van der Waals surface area contributed by atoms with Crippen molar-refractivity contribution in [3.8, 4) is 0 Å². The molecule has 1 aliphatic rings. The Balaban J connectivity index is 1.46. The Kier molecular flexibility index (Phi) is 10.8. The summed E-state index contributed by atoms with van der Waals surface area (Å²) < 4.78 is 29.6. The van der Waals surface area contributed by atoms with Crippen molar-refractivity contribution in [1.29, 1.82) is 0 Å². The summed E-state index contributed by atoms with van der Waals surface area (Å²) in [5, 5.41) is 11.2. The van der Waals surface area contributed by atoms with E-state index in [1.54, 1.807) is 72.8 Å². The van der Waals surface area contributed by atoms with Gasteiger partial charge in [0.2, 0.25) is 0 Å². The van der Waals surface area contributed by atoms with Gasteiger partial charge in [0.05, 0.1) is 23.3 Å². The SMILES string of the molecule is Cc1ccc(CO[C@H]2C(O)O[C@H](COC(=O)c3ccc(C)cc3)[C@@H](OC(=O)c3ccc(C)cc3)[C@@H]2OC(=O)c2ccc(C)cc2)cc1. The number of rotatable bonds is 10. The normalized spacial score (nSPS) is 20.7. The van der Waals surface area contributed by atoms with E-state index in [-0.39, 0.29) is 17.7 Å². The third kappa shape index (κ3) is 8.71. The fourth-order valence-corrected chi connectivity index (χ4v) is 5.05. The van der Waals surface area contributed by atoms with Gasteiger partial charge in [-0.05, 0) is 69.7 Å². The monoisotopic (exact) mass is 638 g/mol. The first-order valence-electron chi connectivity index (χ1n) is 15.4. The molecule has 4 aromatic carbocycles. The lowest BCUT2D eigenvalue weighted by Crippen LogP contribution is -2.62. The van der Waals surface area contributed by atoms with E-state index in [0.29, 0.717) is 5.56 Å². The lowest BCUT2D eigenvalue weighted by molar-refractivity contribution is -0.296. The minimum absolute atomic E-state index is 0.0374. The molecule has 9 heteroatoms. The number of hydrogen-bond acceptors (Lipinski definition) is 9. The maximum atomic E-state index is 13.5. The van der Waals surface area contributed by atoms with Crippen LogP contribution in [0.5, 0.6) is 0 Å². The molecule has 1 unspecified atom stereocenters. The highest BCUT2D eigenvalue weighted by Gasteiger charge is 2.51. The quantitative estimate of drug-likeness (QED) is 0.169. The van der Waals surface area contributed by atoms with E-state index in [4.69, 9.17) is 23.7 Å². The summed E-state index contributed by atoms with van der Waals surface area (Å²) in [5.41, 5.74) is 5.53. The Hall–Kier alpha value is -4.83. The summed E-state index contributed by atoms with van der Waals surface area (Å²) in [6.45, 7) is 7.26. The van der Waals surface area contributed by atoms with Crippen molar-refractivity contribution in [1.82, 2.24) is 0 Å². The van der Waals surface area contributed by atoms with Crippen LogP contribution in [0.4, 0.5) is 0 Å². The van der Waals surface area contributed by atoms with Crippen molar-refractivity contribution in [2.45, 2.75) is 65.0 Å². The number of aliphatic hydroxyl groups is 1. The van der Waals surface area contributed by atoms with Gasteiger partial charge in [0.25, 0.3) is 0 Å². The van der Waals surface area contributed by atoms with Crippen molar-refractivity contribution in [2.24, 2.45) is 0 Å². The van der Waals surface area contributed by atoms with Gasteiger partial charge in [0.1, 0.15) is 18.8 Å². The molecule has 1 heterocycles. The second-order valence-corrected chi connectivity index (χ2v) is 11.8. The highest BCUT2D eigenvalue weighted by atomic mass is 16.7. The number of carbonyl (C=O) groups is 3. The molecule has 1 aliphatic heterocycles. The minimum Gasteiger partial charge on any atom is -0.459 e. The number of ether oxygens (including phenoxy) is 5. The average Bonchev–Trinajstić information content (AvgIpc) is 3.06. The molecular formula is C38H38O9. The lowest BCUT2D eigenvalue weighted by atomic mass is 9.97. The Morgan fingerprint density at radius 2 is 0.979 bits per heavy atom. The predicted octanol–water partition coefficient (Wildman–Crippen LogP) is 5.83. The van der Waals surface area contributed by atoms with Gasteiger partial charge in [-0.15, -0.1) is 0 Å². The smallest absolute Gasteiger partial charge is 0.338 e. The van der Waals surface area contributed by atoms with E-state index in [0.717, 1.165) is 27.8 Å². The first kappa shape index (κ1) is 33.5. The lowest BCUT2D eigenvalue weighted by Gasteiger charge is -2.43. The molecular weight excluding hydrogens is 600 g/mol. The number of benzene rings is 4. The molecule has 4 aromatic rings. The Morgan fingerprint density at radius 1 is 0.574 bits per heavy atom. The molecule has 0 radical (unpaired) electrons. The molecule has 0 aromatic heterocycles. The number of carbonyl (C=O) groups excluding carboxylic acids is 3. The number of hydrogen-bond donors (Lipinski definition) is 1. The van der Waals surface area contributed by atoms with Crippen LogP contribution in [-0.4, -0.2) is 60.3 Å². The van der Waals surface area contributed by atoms with Crippen molar-refractivity contribution in [3.05, 3.63) is 142 Å². The predicted molar refractivity (Wildman–Crippen MR) is 173 cm³/mol. The molecule has 1 fully saturated rings. The zero-order chi connectivity index (χ0) is 33.5. The molecule has 1 saturated heterocycles. The van der Waals surface area contributed by atoms with Gasteiger partial charge in [0, 0.05) is 0 Å². The van der Waals surface area contributed by atoms with E-state index in [9.17, 15) is 19.5 Å². The van der Waals surface area contributed by atoms with Gasteiger partial charge in [-0.2, -0.15) is 0 Å². The van der Waals surface area contributed by atoms with Crippen molar-refractivity contribution < 1.29 is 43.2 Å². The van der Waals surface area contributed by atoms with Gasteiger partial charge in [0.15, 0.2) is 18.5 Å². The van der Waals surface area contributed by atoms with E-state index in [1.807, 2.05) is 52.0 Å². The van der Waals surface area contributed by atoms with Crippen molar-refractivity contribution in [2.75, 3.05) is 6.61 Å². The van der Waals surface area contributed by atoms with E-state index in [1.165, 1.54) is 0 Å². The maximum absolute atomic E-state index is 13.5. The van der Waals surface area contributed by atoms with Gasteiger partial charge >= 0.3 is 17.9 Å². The van der Waals surface area contributed by atoms with E-state index < -0.39 is 55.2 Å². The number of esters is 3. The molecule has 5 atom stereocenters. The third-order valence-corrected chi connectivity index (χ3v) is 7.90. The van der Waals surface area contributed by atoms with Crippen LogP contribution < -0.4 is 0 Å². The van der Waals surface area contributed by atoms with Crippen LogP contribution >= 0.6 is 0 Å². The molecule has 47 heavy (non-hydrogen) atoms. The fraction of sp³-hybridized carbons (Fsp3) is 0.289. The van der Waals surface area contributed by atoms with Crippen LogP contribution in [0, 0.1) is 27.7 Å². The van der Waals surface area contributed by atoms with Crippen LogP contribution in [-0.2, 0) is 30.3 Å². The summed E-state index contributed by atoms with van der Waals surface area (Å²) in [6, 6.07) is 27.9. The number of aliphatic hydroxyl groups excluding tert-OH is 1. The minimum atomic E-state index is -1.63. The Bertz CT molecular complexity index is 1660. The second-order valence-electron chi connectivity index (χ2n) is 11.8. The molecule has 0 amide bonds. The summed E-state index contributed by atoms with van der Waals surface area (Å²) in [4.78, 5) is 39.9. The van der Waals surface area contributed by atoms with Crippen LogP contribution in [0.25, 0.3) is 0 Å². The fourth-order valence-electron chi connectivity index (χ4n) is 5.05. The van der Waals surface area contributed by atoms with Crippen LogP contribution in [0.3, 0.4) is 0 Å². The number of aryl methyl sites for hydroxylation is 4. The first-order valence-corrected chi connectivity index (χ1v) is 15.4. The van der Waals surface area contributed by atoms with Crippen LogP contribution in [0.2, 0.25) is 0 Å². The molecule has 0 bridgehead atoms. The molecule has 1 N–H and O–H groups in total. The molecule has 0 aliphatic carbocycles. The van der Waals surface area contributed by atoms with Gasteiger partial charge in [-0.1, -0.05) is 82.9 Å². The maximum Gasteiger partial charge on any atom is 0.338 e. The van der Waals surface area contributed by atoms with Crippen LogP contribution in [0.1, 0.15) is 58.9 Å². The second kappa shape index (κ2) is 15.2. The highest BCUT2D eigenvalue weighted by Crippen LogP contribution is 2.30. The zero-order valence-electron chi connectivity index (χ0n) is 26.8. The zero-order valence-corrected chi connectivity index (χ0v) is 26.8. The summed E-state index contributed by atoms with van der Waals surface area (Å²) in [5.74, 6) is -2.09. The summed E-state index contributed by atoms with van der Waals surface area (Å²) >= 11 is 0. The average molecular weight is 639 g/mol. The largest absolute Gasteiger partial charge is 0.459 e. The Labute approximate surface area is 274 Å². The van der Waals surface area contributed by atoms with Gasteiger partial charge in [-0.3, -0.25) is 0 Å².